The molecule has 2 aromatic rings. The molecule has 0 heterocycles. The van der Waals surface area contributed by atoms with E-state index in [9.17, 15) is 9.59 Å². The zero-order chi connectivity index (χ0) is 19.7. The number of carbonyl (C=O) groups excluding carboxylic acids is 2. The summed E-state index contributed by atoms with van der Waals surface area (Å²) in [4.78, 5) is 24.6. The number of hydrazine groups is 1. The maximum Gasteiger partial charge on any atom is 0.332 e. The van der Waals surface area contributed by atoms with Gasteiger partial charge in [-0.1, -0.05) is 60.7 Å². The minimum absolute atomic E-state index is 0.0944. The molecule has 2 aromatic carbocycles. The van der Waals surface area contributed by atoms with E-state index >= 15 is 0 Å². The van der Waals surface area contributed by atoms with Crippen LogP contribution in [0, 0.1) is 0 Å². The fourth-order valence-corrected chi connectivity index (χ4v) is 2.37. The van der Waals surface area contributed by atoms with Crippen LogP contribution >= 0.6 is 0 Å². The molecule has 0 aromatic heterocycles. The second-order valence-corrected chi connectivity index (χ2v) is 7.14. The van der Waals surface area contributed by atoms with Gasteiger partial charge in [0.25, 0.3) is 0 Å². The fourth-order valence-electron chi connectivity index (χ4n) is 2.37. The number of carbonyl (C=O) groups is 2. The number of esters is 1. The minimum atomic E-state index is -0.571. The van der Waals surface area contributed by atoms with Gasteiger partial charge < -0.3 is 10.1 Å². The van der Waals surface area contributed by atoms with E-state index in [4.69, 9.17) is 4.74 Å². The molecule has 2 amide bonds. The van der Waals surface area contributed by atoms with Crippen LogP contribution in [0.25, 0.3) is 0 Å². The van der Waals surface area contributed by atoms with E-state index in [0.717, 1.165) is 11.1 Å². The lowest BCUT2D eigenvalue weighted by Gasteiger charge is -2.25. The van der Waals surface area contributed by atoms with Crippen molar-refractivity contribution in [3.05, 3.63) is 71.8 Å². The topological polar surface area (TPSA) is 70.7 Å². The molecule has 0 bridgehead atoms. The van der Waals surface area contributed by atoms with Crippen molar-refractivity contribution in [2.45, 2.75) is 39.5 Å². The van der Waals surface area contributed by atoms with Gasteiger partial charge in [0.05, 0.1) is 6.54 Å². The molecule has 6 heteroatoms. The normalized spacial score (nSPS) is 10.9. The van der Waals surface area contributed by atoms with E-state index in [2.05, 4.69) is 10.7 Å². The van der Waals surface area contributed by atoms with E-state index in [1.165, 1.54) is 5.01 Å². The molecule has 0 aliphatic carbocycles. The Hall–Kier alpha value is -2.86. The van der Waals surface area contributed by atoms with E-state index in [0.29, 0.717) is 13.1 Å². The second kappa shape index (κ2) is 9.73. The Morgan fingerprint density at radius 3 is 2.04 bits per heavy atom. The maximum atomic E-state index is 12.6. The number of benzene rings is 2. The average Bonchev–Trinajstić information content (AvgIpc) is 2.63. The Labute approximate surface area is 160 Å². The summed E-state index contributed by atoms with van der Waals surface area (Å²) in [6.07, 6.45) is 0. The third kappa shape index (κ3) is 7.92. The number of amides is 2. The molecule has 0 spiro atoms. The number of rotatable bonds is 7. The first-order chi connectivity index (χ1) is 12.8. The van der Waals surface area contributed by atoms with E-state index < -0.39 is 11.6 Å². The molecule has 0 radical (unpaired) electrons. The van der Waals surface area contributed by atoms with Gasteiger partial charge in [-0.05, 0) is 31.9 Å². The summed E-state index contributed by atoms with van der Waals surface area (Å²) < 4.78 is 5.29. The van der Waals surface area contributed by atoms with Gasteiger partial charge in [-0.3, -0.25) is 9.80 Å². The monoisotopic (exact) mass is 369 g/mol. The molecule has 2 rings (SSSR count). The number of nitrogens with one attached hydrogen (secondary N) is 2. The fraction of sp³-hybridized carbons (Fsp3) is 0.333. The van der Waals surface area contributed by atoms with Crippen LogP contribution < -0.4 is 10.7 Å². The lowest BCUT2D eigenvalue weighted by molar-refractivity contribution is -0.154. The zero-order valence-corrected chi connectivity index (χ0v) is 16.1. The van der Waals surface area contributed by atoms with Crippen molar-refractivity contribution in [3.8, 4) is 0 Å². The van der Waals surface area contributed by atoms with E-state index in [1.807, 2.05) is 60.7 Å². The van der Waals surface area contributed by atoms with E-state index in [1.54, 1.807) is 20.8 Å². The van der Waals surface area contributed by atoms with Crippen molar-refractivity contribution in [3.63, 3.8) is 0 Å². The highest BCUT2D eigenvalue weighted by Crippen LogP contribution is 2.07. The van der Waals surface area contributed by atoms with Crippen LogP contribution in [-0.2, 0) is 22.6 Å². The smallest absolute Gasteiger partial charge is 0.332 e. The molecule has 0 aliphatic heterocycles. The average molecular weight is 369 g/mol. The van der Waals surface area contributed by atoms with Crippen LogP contribution in [0.2, 0.25) is 0 Å². The number of ether oxygens (including phenoxy) is 1. The van der Waals surface area contributed by atoms with Crippen molar-refractivity contribution in [1.29, 1.82) is 0 Å². The summed E-state index contributed by atoms with van der Waals surface area (Å²) >= 11 is 0. The zero-order valence-electron chi connectivity index (χ0n) is 16.1. The quantitative estimate of drug-likeness (QED) is 0.581. The molecule has 0 saturated heterocycles. The van der Waals surface area contributed by atoms with E-state index in [-0.39, 0.29) is 12.6 Å². The van der Waals surface area contributed by atoms with Gasteiger partial charge in [-0.25, -0.2) is 10.2 Å². The van der Waals surface area contributed by atoms with Crippen LogP contribution in [-0.4, -0.2) is 29.2 Å². The SMILES string of the molecule is CC(C)(C)OC(=O)CNN(Cc1ccccc1)C(=O)NCc1ccccc1. The summed E-state index contributed by atoms with van der Waals surface area (Å²) in [5.74, 6) is -0.420. The molecule has 27 heavy (non-hydrogen) atoms. The molecular formula is C21H27N3O3. The summed E-state index contributed by atoms with van der Waals surface area (Å²) in [7, 11) is 0. The predicted molar refractivity (Wildman–Crippen MR) is 105 cm³/mol. The lowest BCUT2D eigenvalue weighted by atomic mass is 10.2. The minimum Gasteiger partial charge on any atom is -0.459 e. The standard InChI is InChI=1S/C21H27N3O3/c1-21(2,3)27-19(25)15-23-24(16-18-12-8-5-9-13-18)20(26)22-14-17-10-6-4-7-11-17/h4-13,23H,14-16H2,1-3H3,(H,22,26). The molecule has 0 atom stereocenters. The van der Waals surface area contributed by atoms with Crippen LogP contribution in [0.4, 0.5) is 4.79 Å². The Morgan fingerprint density at radius 2 is 1.48 bits per heavy atom. The first kappa shape index (κ1) is 20.5. The third-order valence-electron chi connectivity index (χ3n) is 3.55. The highest BCUT2D eigenvalue weighted by atomic mass is 16.6. The molecule has 0 saturated carbocycles. The van der Waals surface area contributed by atoms with Crippen molar-refractivity contribution < 1.29 is 14.3 Å². The van der Waals surface area contributed by atoms with Crippen LogP contribution in [0.5, 0.6) is 0 Å². The van der Waals surface area contributed by atoms with Crippen LogP contribution in [0.15, 0.2) is 60.7 Å². The molecule has 0 aliphatic rings. The van der Waals surface area contributed by atoms with Crippen molar-refractivity contribution in [2.75, 3.05) is 6.54 Å². The second-order valence-electron chi connectivity index (χ2n) is 7.14. The Morgan fingerprint density at radius 1 is 0.926 bits per heavy atom. The Bertz CT molecular complexity index is 727. The van der Waals surface area contributed by atoms with Gasteiger partial charge in [0.1, 0.15) is 12.1 Å². The van der Waals surface area contributed by atoms with Crippen LogP contribution in [0.1, 0.15) is 31.9 Å². The summed E-state index contributed by atoms with van der Waals surface area (Å²) in [5, 5.41) is 4.25. The first-order valence-electron chi connectivity index (χ1n) is 8.92. The molecule has 144 valence electrons. The summed E-state index contributed by atoms with van der Waals surface area (Å²) in [6, 6.07) is 18.9. The largest absolute Gasteiger partial charge is 0.459 e. The number of urea groups is 1. The van der Waals surface area contributed by atoms with Gasteiger partial charge in [0.15, 0.2) is 0 Å². The highest BCUT2D eigenvalue weighted by Gasteiger charge is 2.19. The van der Waals surface area contributed by atoms with Gasteiger partial charge in [-0.2, -0.15) is 0 Å². The van der Waals surface area contributed by atoms with Crippen molar-refractivity contribution in [1.82, 2.24) is 15.8 Å². The Balaban J connectivity index is 1.97. The lowest BCUT2D eigenvalue weighted by Crippen LogP contribution is -2.49. The van der Waals surface area contributed by atoms with Crippen molar-refractivity contribution >= 4 is 12.0 Å². The molecule has 0 unspecified atom stereocenters. The number of hydrogen-bond acceptors (Lipinski definition) is 4. The van der Waals surface area contributed by atoms with Gasteiger partial charge in [0.2, 0.25) is 0 Å². The summed E-state index contributed by atoms with van der Waals surface area (Å²) in [5.41, 5.74) is 4.25. The predicted octanol–water partition coefficient (Wildman–Crippen LogP) is 3.24. The number of hydrogen-bond donors (Lipinski definition) is 2. The van der Waals surface area contributed by atoms with Gasteiger partial charge in [-0.15, -0.1) is 0 Å². The Kier molecular flexibility index (Phi) is 7.37. The van der Waals surface area contributed by atoms with Crippen molar-refractivity contribution in [2.24, 2.45) is 0 Å². The molecule has 2 N–H and O–H groups in total. The third-order valence-corrected chi connectivity index (χ3v) is 3.55. The molecular weight excluding hydrogens is 342 g/mol. The maximum absolute atomic E-state index is 12.6. The highest BCUT2D eigenvalue weighted by molar-refractivity contribution is 5.75. The first-order valence-corrected chi connectivity index (χ1v) is 8.92. The number of nitrogens with zero attached hydrogens (tertiary/aromatic N) is 1. The molecule has 6 nitrogen and oxygen atoms in total. The van der Waals surface area contributed by atoms with Crippen LogP contribution in [0.3, 0.4) is 0 Å². The summed E-state index contributed by atoms with van der Waals surface area (Å²) in [6.45, 7) is 6.05. The van der Waals surface area contributed by atoms with Gasteiger partial charge >= 0.3 is 12.0 Å². The van der Waals surface area contributed by atoms with Gasteiger partial charge in [0, 0.05) is 6.54 Å². The molecule has 0 fully saturated rings.